The highest BCUT2D eigenvalue weighted by Gasteiger charge is 2.46. The first-order valence-corrected chi connectivity index (χ1v) is 11.1. The van der Waals surface area contributed by atoms with Crippen molar-refractivity contribution in [1.29, 1.82) is 0 Å². The van der Waals surface area contributed by atoms with Gasteiger partial charge in [-0.15, -0.1) is 11.3 Å². The van der Waals surface area contributed by atoms with Crippen molar-refractivity contribution >= 4 is 28.8 Å². The Morgan fingerprint density at radius 2 is 1.90 bits per heavy atom. The second-order valence-electron chi connectivity index (χ2n) is 8.05. The van der Waals surface area contributed by atoms with Gasteiger partial charge in [-0.25, -0.2) is 0 Å². The van der Waals surface area contributed by atoms with E-state index in [2.05, 4.69) is 0 Å². The maximum Gasteiger partial charge on any atom is 0.295 e. The molecule has 0 aliphatic carbocycles. The molecule has 0 spiro atoms. The first-order chi connectivity index (χ1) is 14.2. The van der Waals surface area contributed by atoms with E-state index in [1.165, 1.54) is 11.3 Å². The Hall–Kier alpha value is -2.44. The van der Waals surface area contributed by atoms with Crippen LogP contribution < -0.4 is 0 Å². The number of nitrogens with zero attached hydrogens (tertiary/aromatic N) is 1. The normalized spacial score (nSPS) is 18.6. The molecule has 30 heavy (non-hydrogen) atoms. The largest absolute Gasteiger partial charge is 0.507 e. The van der Waals surface area contributed by atoms with E-state index in [-0.39, 0.29) is 17.4 Å². The van der Waals surface area contributed by atoms with Crippen LogP contribution in [0.1, 0.15) is 53.4 Å². The Labute approximate surface area is 182 Å². The summed E-state index contributed by atoms with van der Waals surface area (Å²) in [5.41, 5.74) is 3.60. The molecular weight excluding hydrogens is 398 g/mol. The first-order valence-electron chi connectivity index (χ1n) is 10.2. The molecule has 3 rings (SSSR count). The number of hydrogen-bond acceptors (Lipinski definition) is 5. The summed E-state index contributed by atoms with van der Waals surface area (Å²) in [5.74, 6) is -1.30. The number of amides is 1. The Morgan fingerprint density at radius 3 is 2.53 bits per heavy atom. The molecule has 1 aromatic carbocycles. The second kappa shape index (κ2) is 9.14. The third-order valence-corrected chi connectivity index (χ3v) is 6.40. The van der Waals surface area contributed by atoms with Gasteiger partial charge in [-0.2, -0.15) is 0 Å². The number of aryl methyl sites for hydroxylation is 3. The Balaban J connectivity index is 2.06. The molecule has 1 fully saturated rings. The van der Waals surface area contributed by atoms with Crippen LogP contribution in [0, 0.1) is 20.8 Å². The number of carbonyl (C=O) groups excluding carboxylic acids is 2. The van der Waals surface area contributed by atoms with Gasteiger partial charge in [-0.1, -0.05) is 17.7 Å². The number of Topliss-reactive ketones (excluding diaryl/α,β-unsaturated/α-hetero) is 1. The van der Waals surface area contributed by atoms with E-state index in [0.29, 0.717) is 25.1 Å². The summed E-state index contributed by atoms with van der Waals surface area (Å²) in [4.78, 5) is 28.5. The molecule has 1 unspecified atom stereocenters. The van der Waals surface area contributed by atoms with Gasteiger partial charge in [0.1, 0.15) is 5.76 Å². The van der Waals surface area contributed by atoms with Gasteiger partial charge in [0.2, 0.25) is 0 Å². The van der Waals surface area contributed by atoms with Crippen molar-refractivity contribution in [3.05, 3.63) is 62.3 Å². The predicted octanol–water partition coefficient (Wildman–Crippen LogP) is 4.91. The van der Waals surface area contributed by atoms with Gasteiger partial charge in [0, 0.05) is 23.6 Å². The van der Waals surface area contributed by atoms with Crippen molar-refractivity contribution < 1.29 is 19.4 Å². The SMILES string of the molecule is Cc1ccc(C)c(/C(O)=C2\C(=O)C(=O)N(CCCOC(C)C)C2c2sccc2C)c1. The molecule has 160 valence electrons. The molecule has 0 saturated carbocycles. The van der Waals surface area contributed by atoms with Crippen LogP contribution in [0.15, 0.2) is 35.2 Å². The van der Waals surface area contributed by atoms with Crippen LogP contribution >= 0.6 is 11.3 Å². The minimum atomic E-state index is -0.629. The number of ether oxygens (including phenoxy) is 1. The number of ketones is 1. The standard InChI is InChI=1S/C24H29NO4S/c1-14(2)29-11-6-10-25-20(23-17(5)9-12-30-23)19(22(27)24(25)28)21(26)18-13-15(3)7-8-16(18)4/h7-9,12-14,20,26H,6,10-11H2,1-5H3/b21-19+. The average Bonchev–Trinajstić information content (AvgIpc) is 3.21. The van der Waals surface area contributed by atoms with Gasteiger partial charge in [-0.05, 0) is 69.7 Å². The molecule has 1 N–H and O–H groups in total. The second-order valence-corrected chi connectivity index (χ2v) is 9.00. The third-order valence-electron chi connectivity index (χ3n) is 5.33. The van der Waals surface area contributed by atoms with Gasteiger partial charge in [0.15, 0.2) is 0 Å². The van der Waals surface area contributed by atoms with Crippen LogP contribution in [-0.4, -0.2) is 41.0 Å². The molecular formula is C24H29NO4S. The quantitative estimate of drug-likeness (QED) is 0.295. The van der Waals surface area contributed by atoms with Gasteiger partial charge in [0.05, 0.1) is 17.7 Å². The molecule has 6 heteroatoms. The molecule has 1 aliphatic heterocycles. The molecule has 5 nitrogen and oxygen atoms in total. The smallest absolute Gasteiger partial charge is 0.295 e. The van der Waals surface area contributed by atoms with E-state index in [1.807, 2.05) is 64.3 Å². The van der Waals surface area contributed by atoms with Gasteiger partial charge in [0.25, 0.3) is 11.7 Å². The Kier molecular flexibility index (Phi) is 6.78. The van der Waals surface area contributed by atoms with Gasteiger partial charge < -0.3 is 14.7 Å². The number of benzene rings is 1. The summed E-state index contributed by atoms with van der Waals surface area (Å²) in [6.07, 6.45) is 0.732. The van der Waals surface area contributed by atoms with Crippen molar-refractivity contribution in [3.8, 4) is 0 Å². The summed E-state index contributed by atoms with van der Waals surface area (Å²) in [7, 11) is 0. The zero-order valence-corrected chi connectivity index (χ0v) is 19.0. The Morgan fingerprint density at radius 1 is 1.17 bits per heavy atom. The number of rotatable bonds is 7. The molecule has 0 radical (unpaired) electrons. The van der Waals surface area contributed by atoms with Crippen molar-refractivity contribution in [3.63, 3.8) is 0 Å². The molecule has 1 atom stereocenters. The van der Waals surface area contributed by atoms with Crippen LogP contribution in [0.2, 0.25) is 0 Å². The lowest BCUT2D eigenvalue weighted by Gasteiger charge is -2.25. The number of aliphatic hydroxyl groups excluding tert-OH is 1. The van der Waals surface area contributed by atoms with Gasteiger partial charge >= 0.3 is 0 Å². The van der Waals surface area contributed by atoms with E-state index in [1.54, 1.807) is 4.90 Å². The lowest BCUT2D eigenvalue weighted by atomic mass is 9.95. The lowest BCUT2D eigenvalue weighted by molar-refractivity contribution is -0.140. The number of aliphatic hydroxyl groups is 1. The van der Waals surface area contributed by atoms with E-state index in [9.17, 15) is 14.7 Å². The number of carbonyl (C=O) groups is 2. The van der Waals surface area contributed by atoms with Crippen molar-refractivity contribution in [1.82, 2.24) is 4.90 Å². The fraction of sp³-hybridized carbons (Fsp3) is 0.417. The fourth-order valence-corrected chi connectivity index (χ4v) is 4.78. The lowest BCUT2D eigenvalue weighted by Crippen LogP contribution is -2.31. The molecule has 1 aromatic heterocycles. The minimum absolute atomic E-state index is 0.103. The van der Waals surface area contributed by atoms with Crippen molar-refractivity contribution in [2.45, 2.75) is 53.2 Å². The maximum atomic E-state index is 13.0. The van der Waals surface area contributed by atoms with E-state index < -0.39 is 17.7 Å². The fourth-order valence-electron chi connectivity index (χ4n) is 3.74. The molecule has 2 aromatic rings. The zero-order valence-electron chi connectivity index (χ0n) is 18.2. The van der Waals surface area contributed by atoms with E-state index >= 15 is 0 Å². The summed E-state index contributed by atoms with van der Waals surface area (Å²) in [6, 6.07) is 7.12. The van der Waals surface area contributed by atoms with Crippen LogP contribution in [-0.2, 0) is 14.3 Å². The number of thiophene rings is 1. The highest BCUT2D eigenvalue weighted by molar-refractivity contribution is 7.10. The van der Waals surface area contributed by atoms with E-state index in [4.69, 9.17) is 4.74 Å². The van der Waals surface area contributed by atoms with Crippen LogP contribution in [0.25, 0.3) is 5.76 Å². The predicted molar refractivity (Wildman–Crippen MR) is 120 cm³/mol. The monoisotopic (exact) mass is 427 g/mol. The molecule has 0 bridgehead atoms. The Bertz CT molecular complexity index is 989. The molecule has 1 aliphatic rings. The summed E-state index contributed by atoms with van der Waals surface area (Å²) in [5, 5.41) is 13.1. The maximum absolute atomic E-state index is 13.0. The van der Waals surface area contributed by atoms with Gasteiger partial charge in [-0.3, -0.25) is 9.59 Å². The number of likely N-dealkylation sites (tertiary alicyclic amines) is 1. The minimum Gasteiger partial charge on any atom is -0.507 e. The van der Waals surface area contributed by atoms with Crippen molar-refractivity contribution in [2.24, 2.45) is 0 Å². The van der Waals surface area contributed by atoms with E-state index in [0.717, 1.165) is 21.6 Å². The first kappa shape index (κ1) is 22.2. The zero-order chi connectivity index (χ0) is 22.0. The summed E-state index contributed by atoms with van der Waals surface area (Å²) >= 11 is 1.50. The molecule has 2 heterocycles. The molecule has 1 amide bonds. The highest BCUT2D eigenvalue weighted by atomic mass is 32.1. The summed E-state index contributed by atoms with van der Waals surface area (Å²) < 4.78 is 5.60. The van der Waals surface area contributed by atoms with Crippen molar-refractivity contribution in [2.75, 3.05) is 13.2 Å². The average molecular weight is 428 g/mol. The van der Waals surface area contributed by atoms with Crippen LogP contribution in [0.4, 0.5) is 0 Å². The molecule has 1 saturated heterocycles. The van der Waals surface area contributed by atoms with Crippen LogP contribution in [0.5, 0.6) is 0 Å². The third kappa shape index (κ3) is 4.35. The highest BCUT2D eigenvalue weighted by Crippen LogP contribution is 2.43. The summed E-state index contributed by atoms with van der Waals surface area (Å²) in [6.45, 7) is 10.6. The number of hydrogen-bond donors (Lipinski definition) is 1. The topological polar surface area (TPSA) is 66.8 Å². The van der Waals surface area contributed by atoms with Crippen LogP contribution in [0.3, 0.4) is 0 Å².